The number of ether oxygens (including phenoxy) is 1. The van der Waals surface area contributed by atoms with Crippen LogP contribution in [0.4, 0.5) is 0 Å². The summed E-state index contributed by atoms with van der Waals surface area (Å²) in [6, 6.07) is 2.00. The smallest absolute Gasteiger partial charge is 0.133 e. The van der Waals surface area contributed by atoms with Gasteiger partial charge in [-0.05, 0) is 6.92 Å². The number of hydrogen-bond acceptors (Lipinski definition) is 5. The van der Waals surface area contributed by atoms with Crippen LogP contribution in [0.5, 0.6) is 0 Å². The Hall–Kier alpha value is -0.910. The summed E-state index contributed by atoms with van der Waals surface area (Å²) < 4.78 is 10.3. The molecule has 5 nitrogen and oxygen atoms in total. The van der Waals surface area contributed by atoms with Crippen molar-refractivity contribution in [2.45, 2.75) is 19.5 Å². The molecular weight excluding hydrogens is 196 g/mol. The molecule has 0 saturated carbocycles. The highest BCUT2D eigenvalue weighted by Crippen LogP contribution is 2.12. The molecule has 1 aliphatic heterocycles. The first-order valence-electron chi connectivity index (χ1n) is 5.14. The Balaban J connectivity index is 1.97. The highest BCUT2D eigenvalue weighted by Gasteiger charge is 2.22. The normalized spacial score (nSPS) is 23.2. The largest absolute Gasteiger partial charge is 0.395 e. The predicted octanol–water partition coefficient (Wildman–Crippen LogP) is 0.176. The van der Waals surface area contributed by atoms with Gasteiger partial charge >= 0.3 is 0 Å². The fraction of sp³-hybridized carbons (Fsp3) is 0.700. The SMILES string of the molecule is Cc1cc(CN2CCOCC2CO)no1. The average molecular weight is 212 g/mol. The summed E-state index contributed by atoms with van der Waals surface area (Å²) in [5.41, 5.74) is 0.910. The lowest BCUT2D eigenvalue weighted by Crippen LogP contribution is -2.46. The first-order chi connectivity index (χ1) is 7.29. The maximum Gasteiger partial charge on any atom is 0.133 e. The maximum absolute atomic E-state index is 9.18. The van der Waals surface area contributed by atoms with Crippen molar-refractivity contribution >= 4 is 0 Å². The molecule has 1 atom stereocenters. The summed E-state index contributed by atoms with van der Waals surface area (Å²) in [5, 5.41) is 13.1. The van der Waals surface area contributed by atoms with E-state index in [-0.39, 0.29) is 12.6 Å². The summed E-state index contributed by atoms with van der Waals surface area (Å²) in [6.45, 7) is 4.85. The molecule has 2 heterocycles. The number of rotatable bonds is 3. The zero-order chi connectivity index (χ0) is 10.7. The van der Waals surface area contributed by atoms with Gasteiger partial charge in [0.15, 0.2) is 0 Å². The van der Waals surface area contributed by atoms with Crippen LogP contribution >= 0.6 is 0 Å². The van der Waals surface area contributed by atoms with Crippen molar-refractivity contribution in [1.82, 2.24) is 10.1 Å². The van der Waals surface area contributed by atoms with E-state index in [1.54, 1.807) is 0 Å². The summed E-state index contributed by atoms with van der Waals surface area (Å²) in [4.78, 5) is 2.17. The van der Waals surface area contributed by atoms with Crippen molar-refractivity contribution < 1.29 is 14.4 Å². The van der Waals surface area contributed by atoms with Crippen LogP contribution in [0.1, 0.15) is 11.5 Å². The van der Waals surface area contributed by atoms with E-state index >= 15 is 0 Å². The number of hydrogen-bond donors (Lipinski definition) is 1. The Labute approximate surface area is 88.6 Å². The molecule has 0 amide bonds. The van der Waals surface area contributed by atoms with Crippen LogP contribution < -0.4 is 0 Å². The minimum absolute atomic E-state index is 0.0794. The molecule has 2 rings (SSSR count). The maximum atomic E-state index is 9.18. The fourth-order valence-corrected chi connectivity index (χ4v) is 1.77. The van der Waals surface area contributed by atoms with Gasteiger partial charge in [-0.25, -0.2) is 0 Å². The van der Waals surface area contributed by atoms with Crippen LogP contribution in [0.3, 0.4) is 0 Å². The number of aliphatic hydroxyl groups excluding tert-OH is 1. The zero-order valence-electron chi connectivity index (χ0n) is 8.85. The number of aryl methyl sites for hydroxylation is 1. The molecule has 0 aromatic carbocycles. The van der Waals surface area contributed by atoms with Crippen molar-refractivity contribution in [2.24, 2.45) is 0 Å². The van der Waals surface area contributed by atoms with Crippen molar-refractivity contribution in [3.63, 3.8) is 0 Å². The van der Waals surface area contributed by atoms with Gasteiger partial charge in [-0.1, -0.05) is 5.16 Å². The molecule has 84 valence electrons. The van der Waals surface area contributed by atoms with E-state index in [1.165, 1.54) is 0 Å². The minimum atomic E-state index is 0.0794. The third kappa shape index (κ3) is 2.56. The van der Waals surface area contributed by atoms with E-state index < -0.39 is 0 Å². The summed E-state index contributed by atoms with van der Waals surface area (Å²) in [5.74, 6) is 0.818. The molecule has 1 aromatic heterocycles. The molecule has 1 unspecified atom stereocenters. The summed E-state index contributed by atoms with van der Waals surface area (Å²) in [7, 11) is 0. The van der Waals surface area contributed by atoms with E-state index in [9.17, 15) is 5.11 Å². The Morgan fingerprint density at radius 2 is 2.53 bits per heavy atom. The van der Waals surface area contributed by atoms with Crippen molar-refractivity contribution in [2.75, 3.05) is 26.4 Å². The van der Waals surface area contributed by atoms with Gasteiger partial charge in [0.25, 0.3) is 0 Å². The van der Waals surface area contributed by atoms with E-state index in [2.05, 4.69) is 10.1 Å². The molecule has 1 N–H and O–H groups in total. The third-order valence-corrected chi connectivity index (χ3v) is 2.60. The Bertz CT molecular complexity index is 313. The van der Waals surface area contributed by atoms with Crippen LogP contribution in [-0.2, 0) is 11.3 Å². The zero-order valence-corrected chi connectivity index (χ0v) is 8.85. The molecule has 15 heavy (non-hydrogen) atoms. The molecule has 1 fully saturated rings. The lowest BCUT2D eigenvalue weighted by Gasteiger charge is -2.33. The summed E-state index contributed by atoms with van der Waals surface area (Å²) >= 11 is 0. The van der Waals surface area contributed by atoms with Crippen molar-refractivity contribution in [3.05, 3.63) is 17.5 Å². The van der Waals surface area contributed by atoms with E-state index in [0.717, 1.165) is 18.0 Å². The number of aliphatic hydroxyl groups is 1. The van der Waals surface area contributed by atoms with Crippen LogP contribution in [0.25, 0.3) is 0 Å². The van der Waals surface area contributed by atoms with Gasteiger partial charge in [-0.15, -0.1) is 0 Å². The lowest BCUT2D eigenvalue weighted by molar-refractivity contribution is -0.0320. The molecule has 0 bridgehead atoms. The number of aromatic nitrogens is 1. The molecule has 1 saturated heterocycles. The Morgan fingerprint density at radius 1 is 1.67 bits per heavy atom. The molecule has 5 heteroatoms. The van der Waals surface area contributed by atoms with Crippen LogP contribution in [0.2, 0.25) is 0 Å². The molecule has 1 aliphatic rings. The topological polar surface area (TPSA) is 58.7 Å². The first kappa shape index (κ1) is 10.6. The molecule has 0 spiro atoms. The lowest BCUT2D eigenvalue weighted by atomic mass is 10.2. The predicted molar refractivity (Wildman–Crippen MR) is 53.3 cm³/mol. The fourth-order valence-electron chi connectivity index (χ4n) is 1.77. The van der Waals surface area contributed by atoms with E-state index in [4.69, 9.17) is 9.26 Å². The highest BCUT2D eigenvalue weighted by molar-refractivity contribution is 5.03. The van der Waals surface area contributed by atoms with Crippen molar-refractivity contribution in [1.29, 1.82) is 0 Å². The monoisotopic (exact) mass is 212 g/mol. The molecular formula is C10H16N2O3. The van der Waals surface area contributed by atoms with E-state index in [1.807, 2.05) is 13.0 Å². The van der Waals surface area contributed by atoms with Crippen LogP contribution in [-0.4, -0.2) is 47.6 Å². The van der Waals surface area contributed by atoms with E-state index in [0.29, 0.717) is 19.8 Å². The second-order valence-corrected chi connectivity index (χ2v) is 3.81. The van der Waals surface area contributed by atoms with Gasteiger partial charge in [-0.3, -0.25) is 4.90 Å². The number of nitrogens with zero attached hydrogens (tertiary/aromatic N) is 2. The number of morpholine rings is 1. The summed E-state index contributed by atoms with van der Waals surface area (Å²) in [6.07, 6.45) is 0. The van der Waals surface area contributed by atoms with Gasteiger partial charge in [0.1, 0.15) is 5.76 Å². The molecule has 1 aromatic rings. The Kier molecular flexibility index (Phi) is 3.35. The van der Waals surface area contributed by atoms with Crippen molar-refractivity contribution in [3.8, 4) is 0 Å². The van der Waals surface area contributed by atoms with Gasteiger partial charge in [0.2, 0.25) is 0 Å². The molecule has 0 radical (unpaired) electrons. The first-order valence-corrected chi connectivity index (χ1v) is 5.14. The van der Waals surface area contributed by atoms with Crippen LogP contribution in [0.15, 0.2) is 10.6 Å². The standard InChI is InChI=1S/C10H16N2O3/c1-8-4-9(11-15-8)5-12-2-3-14-7-10(12)6-13/h4,10,13H,2-3,5-7H2,1H3. The third-order valence-electron chi connectivity index (χ3n) is 2.60. The van der Waals surface area contributed by atoms with Gasteiger partial charge in [-0.2, -0.15) is 0 Å². The average Bonchev–Trinajstić information content (AvgIpc) is 2.65. The molecule has 0 aliphatic carbocycles. The second kappa shape index (κ2) is 4.74. The van der Waals surface area contributed by atoms with Gasteiger partial charge in [0.05, 0.1) is 31.6 Å². The highest BCUT2D eigenvalue weighted by atomic mass is 16.5. The van der Waals surface area contributed by atoms with Gasteiger partial charge < -0.3 is 14.4 Å². The minimum Gasteiger partial charge on any atom is -0.395 e. The van der Waals surface area contributed by atoms with Crippen LogP contribution in [0, 0.1) is 6.92 Å². The van der Waals surface area contributed by atoms with Gasteiger partial charge in [0, 0.05) is 19.2 Å². The quantitative estimate of drug-likeness (QED) is 0.774. The second-order valence-electron chi connectivity index (χ2n) is 3.81. The Morgan fingerprint density at radius 3 is 3.20 bits per heavy atom.